The molecule has 1 saturated heterocycles. The number of hydrogen-bond acceptors (Lipinski definition) is 5. The fourth-order valence-corrected chi connectivity index (χ4v) is 3.62. The number of anilines is 1. The van der Waals surface area contributed by atoms with E-state index in [1.807, 2.05) is 0 Å². The second-order valence-corrected chi connectivity index (χ2v) is 7.61. The monoisotopic (exact) mass is 354 g/mol. The summed E-state index contributed by atoms with van der Waals surface area (Å²) in [6.45, 7) is -0.184. The average Bonchev–Trinajstić information content (AvgIpc) is 2.70. The quantitative estimate of drug-likeness (QED) is 0.466. The van der Waals surface area contributed by atoms with Crippen LogP contribution in [0.2, 0.25) is 0 Å². The zero-order valence-electron chi connectivity index (χ0n) is 10.8. The summed E-state index contributed by atoms with van der Waals surface area (Å²) in [5.74, 6) is -4.56. The first kappa shape index (κ1) is 16.6. The van der Waals surface area contributed by atoms with E-state index in [9.17, 15) is 32.1 Å². The highest BCUT2D eigenvalue weighted by atomic mass is 35.7. The van der Waals surface area contributed by atoms with Crippen LogP contribution in [0, 0.1) is 27.7 Å². The Bertz CT molecular complexity index is 755. The molecule has 1 aromatic rings. The summed E-state index contributed by atoms with van der Waals surface area (Å²) in [7, 11) is 1.25. The fourth-order valence-electron chi connectivity index (χ4n) is 2.30. The van der Waals surface area contributed by atoms with Crippen LogP contribution in [-0.2, 0) is 13.8 Å². The molecule has 0 radical (unpaired) electrons. The van der Waals surface area contributed by atoms with E-state index in [1.54, 1.807) is 0 Å². The predicted molar refractivity (Wildman–Crippen MR) is 73.1 cm³/mol. The molecule has 0 bridgehead atoms. The van der Waals surface area contributed by atoms with Gasteiger partial charge in [0.2, 0.25) is 15.0 Å². The molecule has 0 aromatic heterocycles. The first-order chi connectivity index (χ1) is 10.1. The molecule has 0 spiro atoms. The largest absolute Gasteiger partial charge is 0.306 e. The van der Waals surface area contributed by atoms with Crippen molar-refractivity contribution in [2.24, 2.45) is 5.92 Å². The number of hydrogen-bond donors (Lipinski definition) is 0. The summed E-state index contributed by atoms with van der Waals surface area (Å²) in [5, 5.41) is 10.9. The fraction of sp³-hybridized carbons (Fsp3) is 0.364. The minimum Gasteiger partial charge on any atom is -0.306 e. The lowest BCUT2D eigenvalue weighted by atomic mass is 10.1. The van der Waals surface area contributed by atoms with Gasteiger partial charge in [-0.05, 0) is 0 Å². The number of amides is 1. The highest BCUT2D eigenvalue weighted by Gasteiger charge is 2.36. The predicted octanol–water partition coefficient (Wildman–Crippen LogP) is 1.79. The van der Waals surface area contributed by atoms with Crippen molar-refractivity contribution in [1.29, 1.82) is 0 Å². The number of carbonyl (C=O) groups excluding carboxylic acids is 1. The Kier molecular flexibility index (Phi) is 4.34. The van der Waals surface area contributed by atoms with E-state index in [1.165, 1.54) is 0 Å². The maximum atomic E-state index is 13.3. The van der Waals surface area contributed by atoms with Gasteiger partial charge in [0.1, 0.15) is 5.69 Å². The molecule has 120 valence electrons. The Labute approximate surface area is 128 Å². The SMILES string of the molecule is O=C1CC(CS(=O)(=O)Cl)CN1c1cc(F)c(F)cc1[N+](=O)[O-]. The number of carbonyl (C=O) groups is 1. The highest BCUT2D eigenvalue weighted by molar-refractivity contribution is 8.13. The standard InChI is InChI=1S/C11H9ClF2N2O5S/c12-22(20,21)5-6-1-11(17)15(4-6)9-2-7(13)8(14)3-10(9)16(18)19/h2-3,6H,1,4-5H2. The van der Waals surface area contributed by atoms with Gasteiger partial charge < -0.3 is 4.90 Å². The molecule has 1 heterocycles. The van der Waals surface area contributed by atoms with E-state index in [0.29, 0.717) is 12.1 Å². The summed E-state index contributed by atoms with van der Waals surface area (Å²) in [6, 6.07) is 0.923. The third-order valence-corrected chi connectivity index (χ3v) is 4.39. The van der Waals surface area contributed by atoms with Crippen LogP contribution < -0.4 is 4.90 Å². The third-order valence-electron chi connectivity index (χ3n) is 3.14. The van der Waals surface area contributed by atoms with Crippen LogP contribution >= 0.6 is 10.7 Å². The van der Waals surface area contributed by atoms with E-state index in [0.717, 1.165) is 4.90 Å². The van der Waals surface area contributed by atoms with Crippen molar-refractivity contribution in [3.63, 3.8) is 0 Å². The lowest BCUT2D eigenvalue weighted by Crippen LogP contribution is -2.26. The van der Waals surface area contributed by atoms with E-state index in [2.05, 4.69) is 0 Å². The Morgan fingerprint density at radius 3 is 2.50 bits per heavy atom. The molecule has 22 heavy (non-hydrogen) atoms. The van der Waals surface area contributed by atoms with Gasteiger partial charge >= 0.3 is 0 Å². The number of nitro benzene ring substituents is 1. The van der Waals surface area contributed by atoms with Gasteiger partial charge in [-0.1, -0.05) is 0 Å². The molecular formula is C11H9ClF2N2O5S. The molecule has 11 heteroatoms. The molecule has 7 nitrogen and oxygen atoms in total. The summed E-state index contributed by atoms with van der Waals surface area (Å²) in [4.78, 5) is 22.7. The van der Waals surface area contributed by atoms with Crippen molar-refractivity contribution >= 4 is 37.0 Å². The Morgan fingerprint density at radius 1 is 1.36 bits per heavy atom. The van der Waals surface area contributed by atoms with E-state index in [4.69, 9.17) is 10.7 Å². The van der Waals surface area contributed by atoms with Gasteiger partial charge in [0.15, 0.2) is 11.6 Å². The van der Waals surface area contributed by atoms with Gasteiger partial charge in [0.05, 0.1) is 16.7 Å². The van der Waals surface area contributed by atoms with Crippen LogP contribution in [0.5, 0.6) is 0 Å². The summed E-state index contributed by atoms with van der Waals surface area (Å²) >= 11 is 0. The molecule has 1 aliphatic rings. The second kappa shape index (κ2) is 5.76. The number of rotatable bonds is 4. The Morgan fingerprint density at radius 2 is 1.95 bits per heavy atom. The molecule has 1 fully saturated rings. The first-order valence-electron chi connectivity index (χ1n) is 5.94. The van der Waals surface area contributed by atoms with Crippen molar-refractivity contribution < 1.29 is 26.9 Å². The molecular weight excluding hydrogens is 346 g/mol. The summed E-state index contributed by atoms with van der Waals surface area (Å²) in [6.07, 6.45) is -0.206. The topological polar surface area (TPSA) is 97.6 Å². The summed E-state index contributed by atoms with van der Waals surface area (Å²) < 4.78 is 48.5. The van der Waals surface area contributed by atoms with Gasteiger partial charge in [-0.15, -0.1) is 0 Å². The average molecular weight is 355 g/mol. The molecule has 1 atom stereocenters. The molecule has 0 saturated carbocycles. The highest BCUT2D eigenvalue weighted by Crippen LogP contribution is 2.35. The van der Waals surface area contributed by atoms with Crippen molar-refractivity contribution in [3.05, 3.63) is 33.9 Å². The maximum Gasteiger partial charge on any atom is 0.296 e. The molecule has 1 amide bonds. The molecule has 1 unspecified atom stereocenters. The molecule has 0 aliphatic carbocycles. The smallest absolute Gasteiger partial charge is 0.296 e. The van der Waals surface area contributed by atoms with Crippen molar-refractivity contribution in [2.75, 3.05) is 17.2 Å². The van der Waals surface area contributed by atoms with Crippen LogP contribution in [0.25, 0.3) is 0 Å². The van der Waals surface area contributed by atoms with E-state index < -0.39 is 54.6 Å². The third kappa shape index (κ3) is 3.50. The van der Waals surface area contributed by atoms with Crippen LogP contribution in [0.15, 0.2) is 12.1 Å². The molecule has 0 N–H and O–H groups in total. The normalized spacial score (nSPS) is 18.8. The molecule has 1 aliphatic heterocycles. The van der Waals surface area contributed by atoms with Gasteiger partial charge in [-0.3, -0.25) is 14.9 Å². The number of nitrogens with zero attached hydrogens (tertiary/aromatic N) is 2. The lowest BCUT2D eigenvalue weighted by Gasteiger charge is -2.16. The summed E-state index contributed by atoms with van der Waals surface area (Å²) in [5.41, 5.74) is -1.19. The van der Waals surface area contributed by atoms with E-state index >= 15 is 0 Å². The van der Waals surface area contributed by atoms with Gasteiger partial charge in [-0.25, -0.2) is 17.2 Å². The molecule has 1 aromatic carbocycles. The van der Waals surface area contributed by atoms with Crippen molar-refractivity contribution in [3.8, 4) is 0 Å². The van der Waals surface area contributed by atoms with Gasteiger partial charge in [0.25, 0.3) is 5.69 Å². The number of benzene rings is 1. The zero-order valence-corrected chi connectivity index (χ0v) is 12.4. The van der Waals surface area contributed by atoms with Crippen LogP contribution in [0.1, 0.15) is 6.42 Å². The molecule has 2 rings (SSSR count). The minimum atomic E-state index is -3.85. The Hall–Kier alpha value is -1.81. The van der Waals surface area contributed by atoms with Crippen molar-refractivity contribution in [1.82, 2.24) is 0 Å². The minimum absolute atomic E-state index is 0.184. The van der Waals surface area contributed by atoms with Crippen LogP contribution in [-0.4, -0.2) is 31.5 Å². The van der Waals surface area contributed by atoms with Crippen LogP contribution in [0.4, 0.5) is 20.2 Å². The van der Waals surface area contributed by atoms with Crippen LogP contribution in [0.3, 0.4) is 0 Å². The Balaban J connectivity index is 2.38. The zero-order chi connectivity index (χ0) is 16.7. The second-order valence-electron chi connectivity index (χ2n) is 4.79. The maximum absolute atomic E-state index is 13.3. The number of halogens is 3. The van der Waals surface area contributed by atoms with Gasteiger partial charge in [0, 0.05) is 35.6 Å². The number of nitro groups is 1. The van der Waals surface area contributed by atoms with E-state index in [-0.39, 0.29) is 13.0 Å². The first-order valence-corrected chi connectivity index (χ1v) is 8.42. The van der Waals surface area contributed by atoms with Crippen molar-refractivity contribution in [2.45, 2.75) is 6.42 Å². The lowest BCUT2D eigenvalue weighted by molar-refractivity contribution is -0.384. The van der Waals surface area contributed by atoms with Gasteiger partial charge in [-0.2, -0.15) is 0 Å².